The SMILES string of the molecule is CCOC(=O)C(C)(CCN)c1ccc(Br)cc1. The Morgan fingerprint density at radius 3 is 2.47 bits per heavy atom. The van der Waals surface area contributed by atoms with Gasteiger partial charge in [-0.2, -0.15) is 0 Å². The number of carbonyl (C=O) groups is 1. The molecule has 0 fully saturated rings. The molecule has 1 aromatic rings. The minimum absolute atomic E-state index is 0.215. The molecule has 4 heteroatoms. The zero-order valence-electron chi connectivity index (χ0n) is 10.2. The minimum atomic E-state index is -0.661. The summed E-state index contributed by atoms with van der Waals surface area (Å²) in [6.45, 7) is 4.52. The summed E-state index contributed by atoms with van der Waals surface area (Å²) in [7, 11) is 0. The van der Waals surface area contributed by atoms with E-state index in [4.69, 9.17) is 10.5 Å². The van der Waals surface area contributed by atoms with E-state index in [0.717, 1.165) is 10.0 Å². The highest BCUT2D eigenvalue weighted by Gasteiger charge is 2.35. The van der Waals surface area contributed by atoms with Gasteiger partial charge >= 0.3 is 5.97 Å². The van der Waals surface area contributed by atoms with E-state index in [2.05, 4.69) is 15.9 Å². The first-order chi connectivity index (χ1) is 8.04. The molecule has 0 amide bonds. The number of esters is 1. The number of hydrogen-bond donors (Lipinski definition) is 1. The molecule has 0 heterocycles. The van der Waals surface area contributed by atoms with Crippen LogP contribution in [-0.4, -0.2) is 19.1 Å². The fourth-order valence-corrected chi connectivity index (χ4v) is 2.03. The number of ether oxygens (including phenoxy) is 1. The van der Waals surface area contributed by atoms with Crippen LogP contribution in [0.15, 0.2) is 28.7 Å². The second kappa shape index (κ2) is 6.17. The Morgan fingerprint density at radius 1 is 1.41 bits per heavy atom. The molecule has 94 valence electrons. The number of benzene rings is 1. The lowest BCUT2D eigenvalue weighted by atomic mass is 9.79. The Morgan fingerprint density at radius 2 is 2.00 bits per heavy atom. The van der Waals surface area contributed by atoms with Gasteiger partial charge in [0, 0.05) is 4.47 Å². The highest BCUT2D eigenvalue weighted by molar-refractivity contribution is 9.10. The van der Waals surface area contributed by atoms with Crippen molar-refractivity contribution in [2.45, 2.75) is 25.7 Å². The van der Waals surface area contributed by atoms with Gasteiger partial charge in [-0.15, -0.1) is 0 Å². The molecule has 1 aromatic carbocycles. The van der Waals surface area contributed by atoms with Gasteiger partial charge in [0.2, 0.25) is 0 Å². The largest absolute Gasteiger partial charge is 0.465 e. The topological polar surface area (TPSA) is 52.3 Å². The summed E-state index contributed by atoms with van der Waals surface area (Å²) in [5.74, 6) is -0.215. The van der Waals surface area contributed by atoms with Crippen molar-refractivity contribution in [2.24, 2.45) is 5.73 Å². The first kappa shape index (κ1) is 14.2. The van der Waals surface area contributed by atoms with Crippen LogP contribution >= 0.6 is 15.9 Å². The summed E-state index contributed by atoms with van der Waals surface area (Å²) in [5.41, 5.74) is 5.87. The summed E-state index contributed by atoms with van der Waals surface area (Å²) < 4.78 is 6.12. The van der Waals surface area contributed by atoms with E-state index in [0.29, 0.717) is 19.6 Å². The van der Waals surface area contributed by atoms with Crippen molar-refractivity contribution in [3.63, 3.8) is 0 Å². The van der Waals surface area contributed by atoms with Crippen molar-refractivity contribution in [1.29, 1.82) is 0 Å². The molecule has 1 rings (SSSR count). The van der Waals surface area contributed by atoms with Gasteiger partial charge in [0.05, 0.1) is 12.0 Å². The molecule has 0 aromatic heterocycles. The third-order valence-electron chi connectivity index (χ3n) is 2.85. The molecule has 1 atom stereocenters. The number of hydrogen-bond acceptors (Lipinski definition) is 3. The zero-order valence-corrected chi connectivity index (χ0v) is 11.8. The number of nitrogens with two attached hydrogens (primary N) is 1. The second-order valence-electron chi connectivity index (χ2n) is 4.10. The van der Waals surface area contributed by atoms with Crippen LogP contribution in [-0.2, 0) is 14.9 Å². The fourth-order valence-electron chi connectivity index (χ4n) is 1.76. The van der Waals surface area contributed by atoms with Gasteiger partial charge in [-0.1, -0.05) is 28.1 Å². The quantitative estimate of drug-likeness (QED) is 0.850. The van der Waals surface area contributed by atoms with E-state index < -0.39 is 5.41 Å². The highest BCUT2D eigenvalue weighted by Crippen LogP contribution is 2.29. The molecular weight excluding hydrogens is 282 g/mol. The predicted molar refractivity (Wildman–Crippen MR) is 71.8 cm³/mol. The summed E-state index contributed by atoms with van der Waals surface area (Å²) in [4.78, 5) is 12.1. The van der Waals surface area contributed by atoms with Crippen LogP contribution in [0, 0.1) is 0 Å². The maximum atomic E-state index is 12.1. The third kappa shape index (κ3) is 3.30. The van der Waals surface area contributed by atoms with Crippen LogP contribution in [0.25, 0.3) is 0 Å². The van der Waals surface area contributed by atoms with Gasteiger partial charge in [-0.05, 0) is 44.5 Å². The van der Waals surface area contributed by atoms with E-state index >= 15 is 0 Å². The standard InChI is InChI=1S/C13H18BrNO2/c1-3-17-12(16)13(2,8-9-15)10-4-6-11(14)7-5-10/h4-7H,3,8-9,15H2,1-2H3. The Bertz CT molecular complexity index is 378. The first-order valence-corrected chi connectivity index (χ1v) is 6.47. The normalized spacial score (nSPS) is 14.1. The lowest BCUT2D eigenvalue weighted by Gasteiger charge is -2.27. The van der Waals surface area contributed by atoms with Gasteiger partial charge in [-0.3, -0.25) is 4.79 Å². The average molecular weight is 300 g/mol. The molecule has 17 heavy (non-hydrogen) atoms. The van der Waals surface area contributed by atoms with Crippen molar-refractivity contribution >= 4 is 21.9 Å². The van der Waals surface area contributed by atoms with Crippen LogP contribution < -0.4 is 5.73 Å². The molecule has 0 saturated carbocycles. The molecule has 0 saturated heterocycles. The molecule has 0 spiro atoms. The van der Waals surface area contributed by atoms with Crippen molar-refractivity contribution < 1.29 is 9.53 Å². The van der Waals surface area contributed by atoms with E-state index in [-0.39, 0.29) is 5.97 Å². The van der Waals surface area contributed by atoms with Crippen molar-refractivity contribution in [3.05, 3.63) is 34.3 Å². The van der Waals surface area contributed by atoms with Gasteiger partial charge in [0.15, 0.2) is 0 Å². The fraction of sp³-hybridized carbons (Fsp3) is 0.462. The van der Waals surface area contributed by atoms with Crippen molar-refractivity contribution in [1.82, 2.24) is 0 Å². The molecule has 0 bridgehead atoms. The smallest absolute Gasteiger partial charge is 0.316 e. The molecule has 0 aliphatic rings. The Hall–Kier alpha value is -0.870. The molecular formula is C13H18BrNO2. The molecule has 0 aliphatic carbocycles. The molecule has 0 aliphatic heterocycles. The van der Waals surface area contributed by atoms with Crippen LogP contribution in [0.5, 0.6) is 0 Å². The van der Waals surface area contributed by atoms with E-state index in [1.54, 1.807) is 0 Å². The maximum absolute atomic E-state index is 12.1. The van der Waals surface area contributed by atoms with Crippen molar-refractivity contribution in [2.75, 3.05) is 13.2 Å². The third-order valence-corrected chi connectivity index (χ3v) is 3.38. The summed E-state index contributed by atoms with van der Waals surface area (Å²) in [6.07, 6.45) is 0.577. The van der Waals surface area contributed by atoms with Crippen LogP contribution in [0.4, 0.5) is 0 Å². The first-order valence-electron chi connectivity index (χ1n) is 5.68. The molecule has 0 radical (unpaired) electrons. The Labute approximate surface area is 110 Å². The van der Waals surface area contributed by atoms with Crippen LogP contribution in [0.3, 0.4) is 0 Å². The predicted octanol–water partition coefficient (Wildman–Crippen LogP) is 2.62. The van der Waals surface area contributed by atoms with Gasteiger partial charge in [-0.25, -0.2) is 0 Å². The monoisotopic (exact) mass is 299 g/mol. The Balaban J connectivity index is 3.06. The lowest BCUT2D eigenvalue weighted by molar-refractivity contribution is -0.149. The Kier molecular flexibility index (Phi) is 5.15. The minimum Gasteiger partial charge on any atom is -0.465 e. The van der Waals surface area contributed by atoms with Gasteiger partial charge in [0.1, 0.15) is 0 Å². The summed E-state index contributed by atoms with van der Waals surface area (Å²) in [6, 6.07) is 7.69. The van der Waals surface area contributed by atoms with Crippen LogP contribution in [0.2, 0.25) is 0 Å². The van der Waals surface area contributed by atoms with Crippen LogP contribution in [0.1, 0.15) is 25.8 Å². The number of halogens is 1. The number of rotatable bonds is 5. The van der Waals surface area contributed by atoms with E-state index in [9.17, 15) is 4.79 Å². The second-order valence-corrected chi connectivity index (χ2v) is 5.01. The number of carbonyl (C=O) groups excluding carboxylic acids is 1. The highest BCUT2D eigenvalue weighted by atomic mass is 79.9. The summed E-state index contributed by atoms with van der Waals surface area (Å²) >= 11 is 3.38. The van der Waals surface area contributed by atoms with Gasteiger partial charge < -0.3 is 10.5 Å². The zero-order chi connectivity index (χ0) is 12.9. The molecule has 1 unspecified atom stereocenters. The lowest BCUT2D eigenvalue weighted by Crippen LogP contribution is -2.36. The van der Waals surface area contributed by atoms with E-state index in [1.165, 1.54) is 0 Å². The maximum Gasteiger partial charge on any atom is 0.316 e. The van der Waals surface area contributed by atoms with Gasteiger partial charge in [0.25, 0.3) is 0 Å². The molecule has 2 N–H and O–H groups in total. The van der Waals surface area contributed by atoms with Crippen molar-refractivity contribution in [3.8, 4) is 0 Å². The average Bonchev–Trinajstić information content (AvgIpc) is 2.30. The summed E-state index contributed by atoms with van der Waals surface area (Å²) in [5, 5.41) is 0. The van der Waals surface area contributed by atoms with E-state index in [1.807, 2.05) is 38.1 Å². The molecule has 3 nitrogen and oxygen atoms in total.